The van der Waals surface area contributed by atoms with Gasteiger partial charge >= 0.3 is 0 Å². The minimum absolute atomic E-state index is 0.226. The second-order valence-corrected chi connectivity index (χ2v) is 2.66. The van der Waals surface area contributed by atoms with E-state index in [1.807, 2.05) is 0 Å². The zero-order valence-corrected chi connectivity index (χ0v) is 6.68. The lowest BCUT2D eigenvalue weighted by Gasteiger charge is -2.02. The molecule has 0 aliphatic rings. The third-order valence-corrected chi connectivity index (χ3v) is 1.83. The van der Waals surface area contributed by atoms with Crippen LogP contribution < -0.4 is 0 Å². The second-order valence-electron chi connectivity index (χ2n) is 2.19. The molecular weight excluding hydrogens is 163 g/mol. The first-order valence-electron chi connectivity index (χ1n) is 3.26. The summed E-state index contributed by atoms with van der Waals surface area (Å²) in [5.74, 6) is -0.248. The van der Waals surface area contributed by atoms with Crippen LogP contribution >= 0.6 is 11.6 Å². The molecule has 0 aliphatic heterocycles. The van der Waals surface area contributed by atoms with Crippen LogP contribution in [0.3, 0.4) is 0 Å². The van der Waals surface area contributed by atoms with Crippen molar-refractivity contribution < 1.29 is 4.39 Å². The Balaban J connectivity index is 2.89. The second kappa shape index (κ2) is 3.54. The topological polar surface area (TPSA) is 0 Å². The number of halogens is 2. The van der Waals surface area contributed by atoms with E-state index in [1.54, 1.807) is 18.2 Å². The Morgan fingerprint density at radius 2 is 1.91 bits per heavy atom. The molecule has 0 amide bonds. The van der Waals surface area contributed by atoms with Gasteiger partial charge in [0, 0.05) is 0 Å². The maximum Gasteiger partial charge on any atom is 0.123 e. The van der Waals surface area contributed by atoms with E-state index < -0.39 is 0 Å². The van der Waals surface area contributed by atoms with E-state index in [9.17, 15) is 4.39 Å². The van der Waals surface area contributed by atoms with Crippen molar-refractivity contribution in [3.8, 4) is 0 Å². The van der Waals surface area contributed by atoms with Crippen LogP contribution in [0.25, 0.3) is 0 Å². The van der Waals surface area contributed by atoms with Crippen molar-refractivity contribution in [1.29, 1.82) is 0 Å². The van der Waals surface area contributed by atoms with E-state index in [4.69, 9.17) is 11.6 Å². The molecule has 1 unspecified atom stereocenters. The molecule has 0 fully saturated rings. The SMILES string of the molecule is C=CC(Cl)c1ccc(F)cc1. The van der Waals surface area contributed by atoms with Gasteiger partial charge in [0.1, 0.15) is 5.82 Å². The third kappa shape index (κ3) is 2.05. The number of alkyl halides is 1. The predicted octanol–water partition coefficient (Wildman–Crippen LogP) is 3.29. The molecular formula is C9H8ClF. The molecule has 1 atom stereocenters. The van der Waals surface area contributed by atoms with E-state index >= 15 is 0 Å². The number of hydrogen-bond donors (Lipinski definition) is 0. The first kappa shape index (κ1) is 8.28. The highest BCUT2D eigenvalue weighted by atomic mass is 35.5. The molecule has 0 aliphatic carbocycles. The van der Waals surface area contributed by atoms with Gasteiger partial charge in [-0.3, -0.25) is 0 Å². The van der Waals surface area contributed by atoms with Crippen LogP contribution in [0.15, 0.2) is 36.9 Å². The van der Waals surface area contributed by atoms with Crippen LogP contribution in [0.1, 0.15) is 10.9 Å². The summed E-state index contributed by atoms with van der Waals surface area (Å²) in [6, 6.07) is 6.06. The Hall–Kier alpha value is -0.820. The molecule has 0 saturated heterocycles. The zero-order valence-electron chi connectivity index (χ0n) is 5.93. The van der Waals surface area contributed by atoms with Gasteiger partial charge < -0.3 is 0 Å². The summed E-state index contributed by atoms with van der Waals surface area (Å²) < 4.78 is 12.4. The van der Waals surface area contributed by atoms with Crippen molar-refractivity contribution in [3.05, 3.63) is 48.3 Å². The molecule has 0 heterocycles. The number of hydrogen-bond acceptors (Lipinski definition) is 0. The average Bonchev–Trinajstić information content (AvgIpc) is 2.05. The lowest BCUT2D eigenvalue weighted by atomic mass is 10.1. The molecule has 0 radical (unpaired) electrons. The van der Waals surface area contributed by atoms with Crippen LogP contribution in [0, 0.1) is 5.82 Å². The molecule has 0 nitrogen and oxygen atoms in total. The fraction of sp³-hybridized carbons (Fsp3) is 0.111. The summed E-state index contributed by atoms with van der Waals surface area (Å²) in [6.45, 7) is 3.53. The molecule has 0 saturated carbocycles. The molecule has 0 bridgehead atoms. The van der Waals surface area contributed by atoms with Crippen LogP contribution in [0.4, 0.5) is 4.39 Å². The van der Waals surface area contributed by atoms with Gasteiger partial charge in [-0.2, -0.15) is 0 Å². The van der Waals surface area contributed by atoms with E-state index in [1.165, 1.54) is 12.1 Å². The minimum atomic E-state index is -0.248. The standard InChI is InChI=1S/C9H8ClF/c1-2-9(10)7-3-5-8(11)6-4-7/h2-6,9H,1H2. The summed E-state index contributed by atoms with van der Waals surface area (Å²) in [6.07, 6.45) is 1.61. The Kier molecular flexibility index (Phi) is 2.66. The summed E-state index contributed by atoms with van der Waals surface area (Å²) >= 11 is 5.80. The van der Waals surface area contributed by atoms with Gasteiger partial charge in [-0.05, 0) is 17.7 Å². The quantitative estimate of drug-likeness (QED) is 0.472. The van der Waals surface area contributed by atoms with Crippen LogP contribution in [-0.2, 0) is 0 Å². The van der Waals surface area contributed by atoms with E-state index in [0.717, 1.165) is 5.56 Å². The largest absolute Gasteiger partial charge is 0.207 e. The molecule has 0 N–H and O–H groups in total. The van der Waals surface area contributed by atoms with Gasteiger partial charge in [0.15, 0.2) is 0 Å². The van der Waals surface area contributed by atoms with Crippen molar-refractivity contribution in [2.45, 2.75) is 5.38 Å². The lowest BCUT2D eigenvalue weighted by Crippen LogP contribution is -1.84. The average molecular weight is 171 g/mol. The molecule has 1 aromatic rings. The first-order chi connectivity index (χ1) is 5.24. The van der Waals surface area contributed by atoms with E-state index in [0.29, 0.717) is 0 Å². The first-order valence-corrected chi connectivity index (χ1v) is 3.70. The maximum atomic E-state index is 12.4. The van der Waals surface area contributed by atoms with Gasteiger partial charge in [0.25, 0.3) is 0 Å². The number of rotatable bonds is 2. The van der Waals surface area contributed by atoms with Crippen molar-refractivity contribution >= 4 is 11.6 Å². The highest BCUT2D eigenvalue weighted by Gasteiger charge is 2.01. The Morgan fingerprint density at radius 3 is 2.36 bits per heavy atom. The van der Waals surface area contributed by atoms with Crippen LogP contribution in [0.2, 0.25) is 0 Å². The zero-order chi connectivity index (χ0) is 8.27. The Labute approximate surface area is 70.3 Å². The lowest BCUT2D eigenvalue weighted by molar-refractivity contribution is 0.627. The predicted molar refractivity (Wildman–Crippen MR) is 45.2 cm³/mol. The van der Waals surface area contributed by atoms with Gasteiger partial charge in [-0.1, -0.05) is 18.2 Å². The Morgan fingerprint density at radius 1 is 1.36 bits per heavy atom. The summed E-state index contributed by atoms with van der Waals surface area (Å²) in [5, 5.41) is -0.226. The van der Waals surface area contributed by atoms with Crippen molar-refractivity contribution in [1.82, 2.24) is 0 Å². The van der Waals surface area contributed by atoms with Gasteiger partial charge in [-0.25, -0.2) is 4.39 Å². The van der Waals surface area contributed by atoms with Crippen LogP contribution in [0.5, 0.6) is 0 Å². The molecule has 58 valence electrons. The summed E-state index contributed by atoms with van der Waals surface area (Å²) in [5.41, 5.74) is 0.864. The maximum absolute atomic E-state index is 12.4. The van der Waals surface area contributed by atoms with Crippen molar-refractivity contribution in [2.24, 2.45) is 0 Å². The monoisotopic (exact) mass is 170 g/mol. The fourth-order valence-corrected chi connectivity index (χ4v) is 0.928. The van der Waals surface area contributed by atoms with Crippen LogP contribution in [-0.4, -0.2) is 0 Å². The van der Waals surface area contributed by atoms with Gasteiger partial charge in [0.2, 0.25) is 0 Å². The van der Waals surface area contributed by atoms with Gasteiger partial charge in [-0.15, -0.1) is 18.2 Å². The third-order valence-electron chi connectivity index (χ3n) is 1.40. The molecule has 11 heavy (non-hydrogen) atoms. The van der Waals surface area contributed by atoms with Crippen molar-refractivity contribution in [2.75, 3.05) is 0 Å². The van der Waals surface area contributed by atoms with E-state index in [-0.39, 0.29) is 11.2 Å². The summed E-state index contributed by atoms with van der Waals surface area (Å²) in [7, 11) is 0. The Bertz CT molecular complexity index is 240. The summed E-state index contributed by atoms with van der Waals surface area (Å²) in [4.78, 5) is 0. The van der Waals surface area contributed by atoms with Gasteiger partial charge in [0.05, 0.1) is 5.38 Å². The highest BCUT2D eigenvalue weighted by molar-refractivity contribution is 6.21. The van der Waals surface area contributed by atoms with Crippen molar-refractivity contribution in [3.63, 3.8) is 0 Å². The number of allylic oxidation sites excluding steroid dienone is 1. The molecule has 1 aromatic carbocycles. The highest BCUT2D eigenvalue weighted by Crippen LogP contribution is 2.20. The minimum Gasteiger partial charge on any atom is -0.207 e. The fourth-order valence-electron chi connectivity index (χ4n) is 0.783. The molecule has 0 spiro atoms. The smallest absolute Gasteiger partial charge is 0.123 e. The normalized spacial score (nSPS) is 12.5. The van der Waals surface area contributed by atoms with E-state index in [2.05, 4.69) is 6.58 Å². The molecule has 1 rings (SSSR count). The molecule has 0 aromatic heterocycles. The molecule has 2 heteroatoms. The number of benzene rings is 1.